The van der Waals surface area contributed by atoms with Crippen molar-refractivity contribution >= 4 is 11.6 Å². The van der Waals surface area contributed by atoms with Crippen molar-refractivity contribution in [2.75, 3.05) is 13.1 Å². The van der Waals surface area contributed by atoms with Gasteiger partial charge in [0.1, 0.15) is 18.2 Å². The van der Waals surface area contributed by atoms with Crippen LogP contribution in [0.15, 0.2) is 17.1 Å². The van der Waals surface area contributed by atoms with Crippen molar-refractivity contribution in [1.82, 2.24) is 9.47 Å². The van der Waals surface area contributed by atoms with Crippen molar-refractivity contribution < 1.29 is 9.72 Å². The van der Waals surface area contributed by atoms with Crippen LogP contribution in [0.5, 0.6) is 0 Å². The summed E-state index contributed by atoms with van der Waals surface area (Å²) in [4.78, 5) is 36.0. The van der Waals surface area contributed by atoms with Crippen LogP contribution in [0.3, 0.4) is 0 Å². The molecule has 0 radical (unpaired) electrons. The van der Waals surface area contributed by atoms with Crippen LogP contribution in [0, 0.1) is 21.4 Å². The second-order valence-electron chi connectivity index (χ2n) is 4.79. The molecule has 8 nitrogen and oxygen atoms in total. The van der Waals surface area contributed by atoms with Gasteiger partial charge < -0.3 is 4.90 Å². The van der Waals surface area contributed by atoms with Crippen molar-refractivity contribution in [1.29, 1.82) is 5.26 Å². The zero-order valence-corrected chi connectivity index (χ0v) is 12.6. The number of pyridine rings is 1. The Kier molecular flexibility index (Phi) is 6.25. The monoisotopic (exact) mass is 306 g/mol. The molecule has 1 heterocycles. The molecule has 1 aromatic heterocycles. The maximum atomic E-state index is 12.2. The molecular formula is C14H18N4O4. The zero-order valence-electron chi connectivity index (χ0n) is 12.6. The first kappa shape index (κ1) is 17.4. The van der Waals surface area contributed by atoms with Crippen LogP contribution in [0.25, 0.3) is 0 Å². The fourth-order valence-corrected chi connectivity index (χ4v) is 2.06. The molecule has 0 aliphatic carbocycles. The smallest absolute Gasteiger partial charge is 0.287 e. The van der Waals surface area contributed by atoms with Crippen LogP contribution < -0.4 is 5.56 Å². The fraction of sp³-hybridized carbons (Fsp3) is 0.500. The van der Waals surface area contributed by atoms with Gasteiger partial charge in [0.25, 0.3) is 11.2 Å². The van der Waals surface area contributed by atoms with Gasteiger partial charge in [-0.3, -0.25) is 24.3 Å². The van der Waals surface area contributed by atoms with E-state index < -0.39 is 10.5 Å². The van der Waals surface area contributed by atoms with Crippen LogP contribution in [-0.4, -0.2) is 33.4 Å². The van der Waals surface area contributed by atoms with Gasteiger partial charge >= 0.3 is 0 Å². The Morgan fingerprint density at radius 2 is 2.00 bits per heavy atom. The number of nitriles is 1. The third-order valence-electron chi connectivity index (χ3n) is 3.05. The standard InChI is InChI=1S/C14H18N4O4/c1-3-5-16(6-4-2)13(19)10-17-9-12(18(21)22)7-11(8-15)14(17)20/h7,9H,3-6,10H2,1-2H3. The normalized spacial score (nSPS) is 10.0. The van der Waals surface area contributed by atoms with E-state index in [0.29, 0.717) is 13.1 Å². The average Bonchev–Trinajstić information content (AvgIpc) is 2.48. The van der Waals surface area contributed by atoms with Crippen LogP contribution >= 0.6 is 0 Å². The molecule has 0 unspecified atom stereocenters. The molecule has 22 heavy (non-hydrogen) atoms. The Morgan fingerprint density at radius 1 is 1.41 bits per heavy atom. The van der Waals surface area contributed by atoms with Gasteiger partial charge in [-0.2, -0.15) is 5.26 Å². The Balaban J connectivity index is 3.13. The number of hydrogen-bond donors (Lipinski definition) is 0. The highest BCUT2D eigenvalue weighted by atomic mass is 16.6. The summed E-state index contributed by atoms with van der Waals surface area (Å²) < 4.78 is 0.928. The minimum Gasteiger partial charge on any atom is -0.341 e. The third-order valence-corrected chi connectivity index (χ3v) is 3.05. The quantitative estimate of drug-likeness (QED) is 0.556. The van der Waals surface area contributed by atoms with E-state index in [0.717, 1.165) is 29.7 Å². The van der Waals surface area contributed by atoms with Crippen molar-refractivity contribution in [2.45, 2.75) is 33.2 Å². The van der Waals surface area contributed by atoms with Crippen LogP contribution in [0.2, 0.25) is 0 Å². The Morgan fingerprint density at radius 3 is 2.45 bits per heavy atom. The Bertz CT molecular complexity index is 654. The van der Waals surface area contributed by atoms with Crippen molar-refractivity contribution in [3.63, 3.8) is 0 Å². The van der Waals surface area contributed by atoms with Crippen LogP contribution in [0.4, 0.5) is 5.69 Å². The topological polar surface area (TPSA) is 109 Å². The van der Waals surface area contributed by atoms with Gasteiger partial charge in [-0.15, -0.1) is 0 Å². The molecule has 1 aromatic rings. The molecule has 0 saturated heterocycles. The number of amides is 1. The summed E-state index contributed by atoms with van der Waals surface area (Å²) in [5.41, 5.74) is -1.43. The number of hydrogen-bond acceptors (Lipinski definition) is 5. The van der Waals surface area contributed by atoms with Crippen molar-refractivity contribution in [3.05, 3.63) is 38.3 Å². The molecule has 0 bridgehead atoms. The zero-order chi connectivity index (χ0) is 16.7. The summed E-state index contributed by atoms with van der Waals surface area (Å²) in [6, 6.07) is 2.54. The predicted octanol–water partition coefficient (Wildman–Crippen LogP) is 1.28. The first-order chi connectivity index (χ1) is 10.4. The highest BCUT2D eigenvalue weighted by Gasteiger charge is 2.18. The van der Waals surface area contributed by atoms with E-state index in [1.807, 2.05) is 13.8 Å². The lowest BCUT2D eigenvalue weighted by atomic mass is 10.2. The van der Waals surface area contributed by atoms with Gasteiger partial charge in [0.2, 0.25) is 5.91 Å². The lowest BCUT2D eigenvalue weighted by Crippen LogP contribution is -2.37. The Hall–Kier alpha value is -2.69. The first-order valence-corrected chi connectivity index (χ1v) is 7.01. The van der Waals surface area contributed by atoms with E-state index in [2.05, 4.69) is 0 Å². The average molecular weight is 306 g/mol. The molecule has 0 aliphatic heterocycles. The summed E-state index contributed by atoms with van der Waals surface area (Å²) in [6.45, 7) is 4.67. The first-order valence-electron chi connectivity index (χ1n) is 7.01. The predicted molar refractivity (Wildman–Crippen MR) is 79.2 cm³/mol. The van der Waals surface area contributed by atoms with E-state index in [4.69, 9.17) is 5.26 Å². The number of carbonyl (C=O) groups is 1. The SMILES string of the molecule is CCCN(CCC)C(=O)Cn1cc([N+](=O)[O-])cc(C#N)c1=O. The summed E-state index contributed by atoms with van der Waals surface area (Å²) in [5.74, 6) is -0.296. The summed E-state index contributed by atoms with van der Waals surface area (Å²) in [5, 5.41) is 19.7. The van der Waals surface area contributed by atoms with Gasteiger partial charge in [0.05, 0.1) is 11.1 Å². The molecule has 0 N–H and O–H groups in total. The lowest BCUT2D eigenvalue weighted by Gasteiger charge is -2.21. The molecule has 0 atom stereocenters. The van der Waals surface area contributed by atoms with E-state index in [1.165, 1.54) is 0 Å². The number of aromatic nitrogens is 1. The van der Waals surface area contributed by atoms with E-state index in [9.17, 15) is 19.7 Å². The van der Waals surface area contributed by atoms with Gasteiger partial charge in [-0.1, -0.05) is 13.8 Å². The van der Waals surface area contributed by atoms with Gasteiger partial charge in [-0.05, 0) is 12.8 Å². The third kappa shape index (κ3) is 4.15. The van der Waals surface area contributed by atoms with Crippen LogP contribution in [0.1, 0.15) is 32.3 Å². The Labute approximate surface area is 127 Å². The minimum atomic E-state index is -0.700. The summed E-state index contributed by atoms with van der Waals surface area (Å²) in [7, 11) is 0. The summed E-state index contributed by atoms with van der Waals surface area (Å²) >= 11 is 0. The molecule has 0 spiro atoms. The minimum absolute atomic E-state index is 0.296. The van der Waals surface area contributed by atoms with Crippen LogP contribution in [-0.2, 0) is 11.3 Å². The molecule has 0 aromatic carbocycles. The lowest BCUT2D eigenvalue weighted by molar-refractivity contribution is -0.385. The van der Waals surface area contributed by atoms with Crippen molar-refractivity contribution in [3.8, 4) is 6.07 Å². The highest BCUT2D eigenvalue weighted by Crippen LogP contribution is 2.10. The number of carbonyl (C=O) groups excluding carboxylic acids is 1. The highest BCUT2D eigenvalue weighted by molar-refractivity contribution is 5.76. The molecule has 1 rings (SSSR count). The second kappa shape index (κ2) is 7.93. The number of nitro groups is 1. The van der Waals surface area contributed by atoms with Gasteiger partial charge in [0.15, 0.2) is 0 Å². The molecule has 0 saturated carbocycles. The van der Waals surface area contributed by atoms with Gasteiger partial charge in [0, 0.05) is 19.2 Å². The van der Waals surface area contributed by atoms with E-state index >= 15 is 0 Å². The molecule has 1 amide bonds. The molecule has 118 valence electrons. The molecule has 0 aliphatic rings. The molecular weight excluding hydrogens is 288 g/mol. The summed E-state index contributed by atoms with van der Waals surface area (Å²) in [6.07, 6.45) is 2.55. The number of rotatable bonds is 7. The van der Waals surface area contributed by atoms with Crippen molar-refractivity contribution in [2.24, 2.45) is 0 Å². The maximum Gasteiger partial charge on any atom is 0.287 e. The molecule has 8 heteroatoms. The van der Waals surface area contributed by atoms with E-state index in [-0.39, 0.29) is 23.7 Å². The van der Waals surface area contributed by atoms with E-state index in [1.54, 1.807) is 11.0 Å². The fourth-order valence-electron chi connectivity index (χ4n) is 2.06. The second-order valence-corrected chi connectivity index (χ2v) is 4.79. The number of nitrogens with zero attached hydrogens (tertiary/aromatic N) is 4. The largest absolute Gasteiger partial charge is 0.341 e. The maximum absolute atomic E-state index is 12.2. The van der Waals surface area contributed by atoms with Gasteiger partial charge in [-0.25, -0.2) is 0 Å². The molecule has 0 fully saturated rings.